The van der Waals surface area contributed by atoms with Crippen molar-refractivity contribution in [2.75, 3.05) is 0 Å². The molecule has 0 aromatic carbocycles. The third-order valence-electron chi connectivity index (χ3n) is 4.78. The number of hydrogen-bond acceptors (Lipinski definition) is 2. The molecule has 2 atom stereocenters. The minimum absolute atomic E-state index is 0.133. The van der Waals surface area contributed by atoms with E-state index in [2.05, 4.69) is 33.0 Å². The van der Waals surface area contributed by atoms with E-state index in [1.807, 2.05) is 0 Å². The third kappa shape index (κ3) is 2.18. The van der Waals surface area contributed by atoms with Crippen molar-refractivity contribution in [3.63, 3.8) is 0 Å². The minimum Gasteiger partial charge on any atom is -0.481 e. The largest absolute Gasteiger partial charge is 0.481 e. The summed E-state index contributed by atoms with van der Waals surface area (Å²) in [6.45, 7) is 8.58. The summed E-state index contributed by atoms with van der Waals surface area (Å²) in [6, 6.07) is 0. The Labute approximate surface area is 109 Å². The summed E-state index contributed by atoms with van der Waals surface area (Å²) in [4.78, 5) is 11.1. The molecule has 0 saturated heterocycles. The van der Waals surface area contributed by atoms with Crippen molar-refractivity contribution in [2.24, 2.45) is 17.8 Å². The van der Waals surface area contributed by atoms with Crippen LogP contribution in [0.1, 0.15) is 47.0 Å². The fourth-order valence-corrected chi connectivity index (χ4v) is 3.52. The first-order valence-electron chi connectivity index (χ1n) is 6.76. The van der Waals surface area contributed by atoms with Gasteiger partial charge in [-0.25, -0.2) is 0 Å². The number of dihydropyridines is 1. The van der Waals surface area contributed by atoms with Gasteiger partial charge in [0.25, 0.3) is 0 Å². The smallest absolute Gasteiger partial charge is 0.306 e. The van der Waals surface area contributed by atoms with Gasteiger partial charge in [0, 0.05) is 17.3 Å². The van der Waals surface area contributed by atoms with Gasteiger partial charge in [0.2, 0.25) is 0 Å². The van der Waals surface area contributed by atoms with Crippen molar-refractivity contribution >= 4 is 5.97 Å². The molecule has 3 nitrogen and oxygen atoms in total. The summed E-state index contributed by atoms with van der Waals surface area (Å²) < 4.78 is 0. The summed E-state index contributed by atoms with van der Waals surface area (Å²) >= 11 is 0. The predicted octanol–water partition coefficient (Wildman–Crippen LogP) is 3.29. The average molecular weight is 249 g/mol. The van der Waals surface area contributed by atoms with Crippen LogP contribution in [0.4, 0.5) is 0 Å². The SMILES string of the molecule is CC1=C(C)C(C2CCC(C(=O)O)C2)C(C)=C(C)N1. The van der Waals surface area contributed by atoms with E-state index in [-0.39, 0.29) is 5.92 Å². The number of carboxylic acid groups (broad SMARTS) is 1. The Morgan fingerprint density at radius 2 is 1.67 bits per heavy atom. The third-order valence-corrected chi connectivity index (χ3v) is 4.78. The van der Waals surface area contributed by atoms with Gasteiger partial charge in [0.05, 0.1) is 5.92 Å². The topological polar surface area (TPSA) is 49.3 Å². The molecule has 2 unspecified atom stereocenters. The van der Waals surface area contributed by atoms with Crippen LogP contribution >= 0.6 is 0 Å². The number of carbonyl (C=O) groups is 1. The highest BCUT2D eigenvalue weighted by Gasteiger charge is 2.37. The highest BCUT2D eigenvalue weighted by Crippen LogP contribution is 2.44. The Morgan fingerprint density at radius 1 is 1.11 bits per heavy atom. The minimum atomic E-state index is -0.622. The molecule has 18 heavy (non-hydrogen) atoms. The zero-order valence-electron chi connectivity index (χ0n) is 11.7. The summed E-state index contributed by atoms with van der Waals surface area (Å²) in [5.41, 5.74) is 5.24. The number of carboxylic acids is 1. The lowest BCUT2D eigenvalue weighted by Crippen LogP contribution is -2.27. The molecule has 2 N–H and O–H groups in total. The van der Waals surface area contributed by atoms with E-state index in [4.69, 9.17) is 5.11 Å². The molecule has 3 heteroatoms. The molecule has 1 aliphatic heterocycles. The summed E-state index contributed by atoms with van der Waals surface area (Å²) in [5.74, 6) is 0.183. The molecule has 2 rings (SSSR count). The van der Waals surface area contributed by atoms with Crippen molar-refractivity contribution in [1.29, 1.82) is 0 Å². The molecule has 0 amide bonds. The number of aliphatic carboxylic acids is 1. The predicted molar refractivity (Wildman–Crippen MR) is 71.8 cm³/mol. The fourth-order valence-electron chi connectivity index (χ4n) is 3.52. The van der Waals surface area contributed by atoms with Crippen LogP contribution in [0.3, 0.4) is 0 Å². The van der Waals surface area contributed by atoms with E-state index >= 15 is 0 Å². The summed E-state index contributed by atoms with van der Waals surface area (Å²) in [7, 11) is 0. The lowest BCUT2D eigenvalue weighted by atomic mass is 9.77. The molecule has 0 bridgehead atoms. The van der Waals surface area contributed by atoms with Gasteiger partial charge in [-0.2, -0.15) is 0 Å². The Kier molecular flexibility index (Phi) is 3.51. The van der Waals surface area contributed by atoms with E-state index in [0.29, 0.717) is 11.8 Å². The van der Waals surface area contributed by atoms with Crippen molar-refractivity contribution in [2.45, 2.75) is 47.0 Å². The Morgan fingerprint density at radius 3 is 2.11 bits per heavy atom. The van der Waals surface area contributed by atoms with Gasteiger partial charge in [-0.05, 0) is 64.0 Å². The maximum absolute atomic E-state index is 11.1. The van der Waals surface area contributed by atoms with E-state index in [0.717, 1.165) is 19.3 Å². The van der Waals surface area contributed by atoms with Crippen molar-refractivity contribution in [3.05, 3.63) is 22.5 Å². The van der Waals surface area contributed by atoms with Crippen molar-refractivity contribution in [1.82, 2.24) is 5.32 Å². The molecule has 0 aromatic rings. The lowest BCUT2D eigenvalue weighted by molar-refractivity contribution is -0.141. The fraction of sp³-hybridized carbons (Fsp3) is 0.667. The molecule has 100 valence electrons. The number of allylic oxidation sites excluding steroid dienone is 4. The quantitative estimate of drug-likeness (QED) is 0.789. The van der Waals surface area contributed by atoms with E-state index < -0.39 is 5.97 Å². The van der Waals surface area contributed by atoms with Crippen molar-refractivity contribution in [3.8, 4) is 0 Å². The maximum Gasteiger partial charge on any atom is 0.306 e. The van der Waals surface area contributed by atoms with E-state index in [1.54, 1.807) is 0 Å². The van der Waals surface area contributed by atoms with Gasteiger partial charge in [-0.15, -0.1) is 0 Å². The van der Waals surface area contributed by atoms with Gasteiger partial charge in [-0.3, -0.25) is 4.79 Å². The van der Waals surface area contributed by atoms with Crippen LogP contribution in [0.15, 0.2) is 22.5 Å². The second-order valence-corrected chi connectivity index (χ2v) is 5.83. The van der Waals surface area contributed by atoms with Crippen LogP contribution < -0.4 is 5.32 Å². The molecule has 0 radical (unpaired) electrons. The second kappa shape index (κ2) is 4.79. The first kappa shape index (κ1) is 13.2. The monoisotopic (exact) mass is 249 g/mol. The molecule has 1 aliphatic carbocycles. The molecule has 0 aromatic heterocycles. The van der Waals surface area contributed by atoms with Gasteiger partial charge >= 0.3 is 5.97 Å². The zero-order valence-corrected chi connectivity index (χ0v) is 11.7. The van der Waals surface area contributed by atoms with Crippen LogP contribution in [0.2, 0.25) is 0 Å². The molecular weight excluding hydrogens is 226 g/mol. The van der Waals surface area contributed by atoms with Gasteiger partial charge < -0.3 is 10.4 Å². The van der Waals surface area contributed by atoms with E-state index in [9.17, 15) is 4.79 Å². The van der Waals surface area contributed by atoms with Crippen LogP contribution in [-0.2, 0) is 4.79 Å². The lowest BCUT2D eigenvalue weighted by Gasteiger charge is -2.33. The normalized spacial score (nSPS) is 29.8. The second-order valence-electron chi connectivity index (χ2n) is 5.83. The van der Waals surface area contributed by atoms with Crippen LogP contribution in [-0.4, -0.2) is 11.1 Å². The Hall–Kier alpha value is -1.25. The Bertz CT molecular complexity index is 410. The standard InChI is InChI=1S/C15H23NO2/c1-8-10(3)16-11(4)9(2)14(8)12-5-6-13(7-12)15(17)18/h12-14,16H,5-7H2,1-4H3,(H,17,18). The maximum atomic E-state index is 11.1. The van der Waals surface area contributed by atoms with Gasteiger partial charge in [0.1, 0.15) is 0 Å². The van der Waals surface area contributed by atoms with Crippen LogP contribution in [0, 0.1) is 17.8 Å². The number of hydrogen-bond donors (Lipinski definition) is 2. The van der Waals surface area contributed by atoms with Gasteiger partial charge in [0.15, 0.2) is 0 Å². The van der Waals surface area contributed by atoms with Gasteiger partial charge in [-0.1, -0.05) is 0 Å². The average Bonchev–Trinajstić information content (AvgIpc) is 2.76. The molecule has 2 aliphatic rings. The highest BCUT2D eigenvalue weighted by atomic mass is 16.4. The highest BCUT2D eigenvalue weighted by molar-refractivity contribution is 5.70. The van der Waals surface area contributed by atoms with Crippen LogP contribution in [0.25, 0.3) is 0 Å². The first-order valence-corrected chi connectivity index (χ1v) is 6.76. The molecule has 1 saturated carbocycles. The molecule has 1 fully saturated rings. The summed E-state index contributed by atoms with van der Waals surface area (Å²) in [6.07, 6.45) is 2.70. The number of nitrogens with one attached hydrogen (secondary N) is 1. The number of rotatable bonds is 2. The van der Waals surface area contributed by atoms with Crippen LogP contribution in [0.5, 0.6) is 0 Å². The van der Waals surface area contributed by atoms with E-state index in [1.165, 1.54) is 22.5 Å². The molecule has 1 heterocycles. The summed E-state index contributed by atoms with van der Waals surface area (Å²) in [5, 5.41) is 12.5. The zero-order chi connectivity index (χ0) is 13.4. The molecule has 0 spiro atoms. The molecular formula is C15H23NO2. The first-order chi connectivity index (χ1) is 8.41. The van der Waals surface area contributed by atoms with Crippen molar-refractivity contribution < 1.29 is 9.90 Å². The Balaban J connectivity index is 2.22.